The number of carbonyl (C=O) groups excluding carboxylic acids is 1. The number of ketones is 1. The number of allylic oxidation sites excluding steroid dienone is 3. The highest BCUT2D eigenvalue weighted by Gasteiger charge is 2.26. The molecule has 1 aliphatic rings. The molecule has 5 heteroatoms. The number of phenols is 2. The van der Waals surface area contributed by atoms with Gasteiger partial charge in [-0.2, -0.15) is 0 Å². The van der Waals surface area contributed by atoms with Gasteiger partial charge in [0.1, 0.15) is 23.0 Å². The van der Waals surface area contributed by atoms with Crippen molar-refractivity contribution in [3.63, 3.8) is 0 Å². The predicted molar refractivity (Wildman–Crippen MR) is 105 cm³/mol. The van der Waals surface area contributed by atoms with Gasteiger partial charge in [0.15, 0.2) is 0 Å². The molecule has 0 unspecified atom stereocenters. The molecule has 2 aromatic carbocycles. The van der Waals surface area contributed by atoms with E-state index in [1.165, 1.54) is 12.1 Å². The number of aliphatic hydroxyl groups is 1. The van der Waals surface area contributed by atoms with E-state index in [0.29, 0.717) is 29.7 Å². The topological polar surface area (TPSA) is 90.1 Å². The van der Waals surface area contributed by atoms with E-state index in [9.17, 15) is 20.1 Å². The van der Waals surface area contributed by atoms with Gasteiger partial charge in [0.2, 0.25) is 5.78 Å². The number of carbonyl (C=O) groups is 1. The molecule has 0 atom stereocenters. The van der Waals surface area contributed by atoms with Crippen molar-refractivity contribution in [3.8, 4) is 11.5 Å². The highest BCUT2D eigenvalue weighted by molar-refractivity contribution is 6.51. The van der Waals surface area contributed by atoms with Crippen LogP contribution in [0.1, 0.15) is 25.3 Å². The molecule has 0 bridgehead atoms. The highest BCUT2D eigenvalue weighted by atomic mass is 16.3. The fourth-order valence-corrected chi connectivity index (χ4v) is 2.95. The zero-order valence-corrected chi connectivity index (χ0v) is 15.0. The Balaban J connectivity index is 2.00. The molecule has 27 heavy (non-hydrogen) atoms. The molecule has 0 heterocycles. The molecule has 1 aliphatic carbocycles. The second kappa shape index (κ2) is 7.91. The first-order chi connectivity index (χ1) is 13.0. The standard InChI is InChI=1S/C22H21NO4/c1-2-3-19-21(26)15(12-14-4-8-17(24)9-5-14)13-20(22(19)27)23-16-6-10-18(25)11-7-16/h4-11,13,24-26H,2-3,12H2,1H3. The van der Waals surface area contributed by atoms with Gasteiger partial charge in [-0.05, 0) is 54.5 Å². The summed E-state index contributed by atoms with van der Waals surface area (Å²) in [7, 11) is 0. The molecule has 5 nitrogen and oxygen atoms in total. The first-order valence-corrected chi connectivity index (χ1v) is 8.81. The summed E-state index contributed by atoms with van der Waals surface area (Å²) >= 11 is 0. The van der Waals surface area contributed by atoms with Gasteiger partial charge in [-0.1, -0.05) is 25.5 Å². The summed E-state index contributed by atoms with van der Waals surface area (Å²) in [6.07, 6.45) is 3.22. The van der Waals surface area contributed by atoms with Gasteiger partial charge in [-0.3, -0.25) is 4.79 Å². The number of nitrogens with zero attached hydrogens (tertiary/aromatic N) is 1. The molecular weight excluding hydrogens is 342 g/mol. The fraction of sp³-hybridized carbons (Fsp3) is 0.182. The Hall–Kier alpha value is -3.34. The lowest BCUT2D eigenvalue weighted by atomic mass is 9.89. The maximum absolute atomic E-state index is 12.8. The Morgan fingerprint density at radius 2 is 1.48 bits per heavy atom. The molecule has 0 aromatic heterocycles. The summed E-state index contributed by atoms with van der Waals surface area (Å²) in [4.78, 5) is 17.2. The largest absolute Gasteiger partial charge is 0.508 e. The average Bonchev–Trinajstić information content (AvgIpc) is 2.66. The third-order valence-electron chi connectivity index (χ3n) is 4.34. The van der Waals surface area contributed by atoms with Gasteiger partial charge < -0.3 is 15.3 Å². The second-order valence-corrected chi connectivity index (χ2v) is 6.43. The number of aliphatic hydroxyl groups excluding tert-OH is 1. The van der Waals surface area contributed by atoms with Crippen LogP contribution in [0.15, 0.2) is 76.5 Å². The van der Waals surface area contributed by atoms with Gasteiger partial charge in [0, 0.05) is 17.6 Å². The van der Waals surface area contributed by atoms with Crippen LogP contribution in [0.4, 0.5) is 5.69 Å². The fourth-order valence-electron chi connectivity index (χ4n) is 2.95. The number of aliphatic imine (C=N–C) groups is 1. The number of rotatable bonds is 5. The van der Waals surface area contributed by atoms with Gasteiger partial charge in [-0.25, -0.2) is 4.99 Å². The normalized spacial score (nSPS) is 16.0. The van der Waals surface area contributed by atoms with Crippen molar-refractivity contribution in [2.45, 2.75) is 26.2 Å². The molecule has 0 saturated heterocycles. The van der Waals surface area contributed by atoms with Gasteiger partial charge >= 0.3 is 0 Å². The van der Waals surface area contributed by atoms with Crippen molar-refractivity contribution in [1.82, 2.24) is 0 Å². The molecule has 0 spiro atoms. The van der Waals surface area contributed by atoms with E-state index in [1.807, 2.05) is 6.92 Å². The Morgan fingerprint density at radius 3 is 2.07 bits per heavy atom. The molecule has 0 aliphatic heterocycles. The maximum Gasteiger partial charge on any atom is 0.211 e. The van der Waals surface area contributed by atoms with Crippen LogP contribution in [-0.4, -0.2) is 26.8 Å². The molecular formula is C22H21NO4. The Kier molecular flexibility index (Phi) is 5.41. The van der Waals surface area contributed by atoms with Crippen LogP contribution < -0.4 is 0 Å². The molecule has 3 rings (SSSR count). The molecule has 2 aromatic rings. The number of benzene rings is 2. The molecule has 0 saturated carbocycles. The van der Waals surface area contributed by atoms with Crippen LogP contribution in [0.5, 0.6) is 11.5 Å². The van der Waals surface area contributed by atoms with Crippen LogP contribution >= 0.6 is 0 Å². The van der Waals surface area contributed by atoms with Crippen molar-refractivity contribution in [2.24, 2.45) is 4.99 Å². The Bertz CT molecular complexity index is 935. The number of aromatic hydroxyl groups is 2. The summed E-state index contributed by atoms with van der Waals surface area (Å²) in [5, 5.41) is 29.5. The second-order valence-electron chi connectivity index (χ2n) is 6.43. The van der Waals surface area contributed by atoms with Crippen LogP contribution in [0.2, 0.25) is 0 Å². The summed E-state index contributed by atoms with van der Waals surface area (Å²) in [6, 6.07) is 13.0. The van der Waals surface area contributed by atoms with Crippen molar-refractivity contribution >= 4 is 17.2 Å². The van der Waals surface area contributed by atoms with E-state index in [-0.39, 0.29) is 28.8 Å². The van der Waals surface area contributed by atoms with Crippen LogP contribution in [0.3, 0.4) is 0 Å². The Morgan fingerprint density at radius 1 is 0.889 bits per heavy atom. The summed E-state index contributed by atoms with van der Waals surface area (Å²) < 4.78 is 0. The van der Waals surface area contributed by atoms with E-state index >= 15 is 0 Å². The minimum Gasteiger partial charge on any atom is -0.508 e. The maximum atomic E-state index is 12.8. The summed E-state index contributed by atoms with van der Waals surface area (Å²) in [5.41, 5.74) is 2.69. The molecule has 3 N–H and O–H groups in total. The summed E-state index contributed by atoms with van der Waals surface area (Å²) in [6.45, 7) is 1.95. The van der Waals surface area contributed by atoms with Crippen molar-refractivity contribution < 1.29 is 20.1 Å². The minimum absolute atomic E-state index is 0.0135. The van der Waals surface area contributed by atoms with Gasteiger partial charge in [-0.15, -0.1) is 0 Å². The van der Waals surface area contributed by atoms with Crippen molar-refractivity contribution in [1.29, 1.82) is 0 Å². The minimum atomic E-state index is -0.281. The zero-order chi connectivity index (χ0) is 19.4. The quantitative estimate of drug-likeness (QED) is 0.681. The van der Waals surface area contributed by atoms with E-state index in [2.05, 4.69) is 4.99 Å². The lowest BCUT2D eigenvalue weighted by Crippen LogP contribution is -2.22. The zero-order valence-electron chi connectivity index (χ0n) is 15.0. The number of hydrogen-bond donors (Lipinski definition) is 3. The van der Waals surface area contributed by atoms with Crippen LogP contribution in [-0.2, 0) is 11.2 Å². The summed E-state index contributed by atoms with van der Waals surface area (Å²) in [5.74, 6) is 0.0331. The predicted octanol–water partition coefficient (Wildman–Crippen LogP) is 4.53. The number of hydrogen-bond acceptors (Lipinski definition) is 5. The van der Waals surface area contributed by atoms with Crippen LogP contribution in [0.25, 0.3) is 0 Å². The van der Waals surface area contributed by atoms with Gasteiger partial charge in [0.25, 0.3) is 0 Å². The highest BCUT2D eigenvalue weighted by Crippen LogP contribution is 2.28. The van der Waals surface area contributed by atoms with Crippen molar-refractivity contribution in [3.05, 3.63) is 77.1 Å². The van der Waals surface area contributed by atoms with Gasteiger partial charge in [0.05, 0.1) is 5.69 Å². The van der Waals surface area contributed by atoms with E-state index in [1.54, 1.807) is 42.5 Å². The number of Topliss-reactive ketones (excluding diaryl/α,β-unsaturated/α-hetero) is 1. The monoisotopic (exact) mass is 363 g/mol. The molecule has 138 valence electrons. The lowest BCUT2D eigenvalue weighted by molar-refractivity contribution is -0.110. The first-order valence-electron chi connectivity index (χ1n) is 8.81. The number of phenolic OH excluding ortho intramolecular Hbond substituents is 2. The third kappa shape index (κ3) is 4.26. The average molecular weight is 363 g/mol. The third-order valence-corrected chi connectivity index (χ3v) is 4.34. The van der Waals surface area contributed by atoms with Crippen LogP contribution in [0, 0.1) is 0 Å². The van der Waals surface area contributed by atoms with E-state index in [0.717, 1.165) is 12.0 Å². The van der Waals surface area contributed by atoms with E-state index < -0.39 is 0 Å². The molecule has 0 radical (unpaired) electrons. The Labute approximate surface area is 157 Å². The molecule has 0 fully saturated rings. The van der Waals surface area contributed by atoms with Crippen molar-refractivity contribution in [2.75, 3.05) is 0 Å². The first kappa shape index (κ1) is 18.5. The molecule has 0 amide bonds. The lowest BCUT2D eigenvalue weighted by Gasteiger charge is -2.18. The van der Waals surface area contributed by atoms with E-state index in [4.69, 9.17) is 0 Å². The smallest absolute Gasteiger partial charge is 0.211 e. The SMILES string of the molecule is CCCC1=C(O)C(Cc2ccc(O)cc2)=CC(=Nc2ccc(O)cc2)C1=O.